The zero-order valence-corrected chi connectivity index (χ0v) is 11.2. The number of hydrogen-bond donors (Lipinski definition) is 1. The van der Waals surface area contributed by atoms with Crippen LogP contribution >= 0.6 is 11.6 Å². The van der Waals surface area contributed by atoms with Crippen molar-refractivity contribution in [2.75, 3.05) is 5.32 Å². The van der Waals surface area contributed by atoms with Crippen LogP contribution in [0, 0.1) is 5.82 Å². The molecule has 0 saturated heterocycles. The van der Waals surface area contributed by atoms with Gasteiger partial charge < -0.3 is 5.32 Å². The predicted octanol–water partition coefficient (Wildman–Crippen LogP) is 4.02. The summed E-state index contributed by atoms with van der Waals surface area (Å²) in [6.07, 6.45) is 8.41. The normalized spacial score (nSPS) is 15.9. The van der Waals surface area contributed by atoms with Crippen molar-refractivity contribution in [1.29, 1.82) is 0 Å². The van der Waals surface area contributed by atoms with Gasteiger partial charge in [-0.1, -0.05) is 24.4 Å². The van der Waals surface area contributed by atoms with E-state index in [9.17, 15) is 4.39 Å². The smallest absolute Gasteiger partial charge is 0.207 e. The molecule has 19 heavy (non-hydrogen) atoms. The summed E-state index contributed by atoms with van der Waals surface area (Å²) < 4.78 is 15.0. The molecule has 0 amide bonds. The summed E-state index contributed by atoms with van der Waals surface area (Å²) in [6, 6.07) is 4.86. The third-order valence-corrected chi connectivity index (χ3v) is 3.80. The third-order valence-electron chi connectivity index (χ3n) is 3.50. The zero-order chi connectivity index (χ0) is 13.2. The van der Waals surface area contributed by atoms with Crippen molar-refractivity contribution in [1.82, 2.24) is 9.55 Å². The van der Waals surface area contributed by atoms with Gasteiger partial charge in [0.1, 0.15) is 5.82 Å². The fraction of sp³-hybridized carbons (Fsp3) is 0.357. The van der Waals surface area contributed by atoms with E-state index >= 15 is 0 Å². The minimum Gasteiger partial charge on any atom is -0.353 e. The number of nitrogens with zero attached hydrogens (tertiary/aromatic N) is 2. The molecule has 0 unspecified atom stereocenters. The van der Waals surface area contributed by atoms with E-state index in [-0.39, 0.29) is 5.82 Å². The van der Waals surface area contributed by atoms with Crippen molar-refractivity contribution in [3.63, 3.8) is 0 Å². The minimum atomic E-state index is -0.334. The Bertz CT molecular complexity index is 576. The number of nitrogens with one attached hydrogen (secondary N) is 1. The summed E-state index contributed by atoms with van der Waals surface area (Å²) in [5.74, 6) is 0.430. The maximum absolute atomic E-state index is 13.1. The van der Waals surface area contributed by atoms with E-state index in [0.717, 1.165) is 11.6 Å². The van der Waals surface area contributed by atoms with Gasteiger partial charge in [0.05, 0.1) is 10.7 Å². The Balaban J connectivity index is 1.90. The summed E-state index contributed by atoms with van der Waals surface area (Å²) in [4.78, 5) is 4.32. The van der Waals surface area contributed by atoms with Crippen LogP contribution in [-0.4, -0.2) is 15.6 Å². The van der Waals surface area contributed by atoms with Gasteiger partial charge in [0.2, 0.25) is 5.95 Å². The van der Waals surface area contributed by atoms with Crippen LogP contribution < -0.4 is 5.32 Å². The molecule has 0 spiro atoms. The summed E-state index contributed by atoms with van der Waals surface area (Å²) >= 11 is 6.09. The topological polar surface area (TPSA) is 29.9 Å². The molecule has 3 rings (SSSR count). The molecule has 0 radical (unpaired) electrons. The first-order valence-electron chi connectivity index (χ1n) is 6.49. The molecule has 1 heterocycles. The lowest BCUT2D eigenvalue weighted by atomic mass is 10.2. The van der Waals surface area contributed by atoms with E-state index in [1.165, 1.54) is 37.8 Å². The van der Waals surface area contributed by atoms with Gasteiger partial charge in [-0.3, -0.25) is 4.57 Å². The second-order valence-electron chi connectivity index (χ2n) is 4.84. The minimum absolute atomic E-state index is 0.334. The van der Waals surface area contributed by atoms with Crippen molar-refractivity contribution >= 4 is 17.5 Å². The molecule has 5 heteroatoms. The molecule has 0 bridgehead atoms. The Labute approximate surface area is 116 Å². The van der Waals surface area contributed by atoms with Gasteiger partial charge in [0.15, 0.2) is 0 Å². The molecule has 3 nitrogen and oxygen atoms in total. The second kappa shape index (κ2) is 5.21. The number of imidazole rings is 1. The Hall–Kier alpha value is -1.55. The van der Waals surface area contributed by atoms with Gasteiger partial charge >= 0.3 is 0 Å². The molecule has 1 fully saturated rings. The molecule has 1 N–H and O–H groups in total. The lowest BCUT2D eigenvalue weighted by Crippen LogP contribution is -2.17. The van der Waals surface area contributed by atoms with Crippen LogP contribution in [0.5, 0.6) is 0 Å². The predicted molar refractivity (Wildman–Crippen MR) is 74.4 cm³/mol. The molecular weight excluding hydrogens is 265 g/mol. The molecule has 1 aliphatic carbocycles. The fourth-order valence-corrected chi connectivity index (χ4v) is 2.79. The largest absolute Gasteiger partial charge is 0.353 e. The van der Waals surface area contributed by atoms with Crippen molar-refractivity contribution in [2.24, 2.45) is 0 Å². The number of hydrogen-bond acceptors (Lipinski definition) is 2. The number of halogens is 2. The highest BCUT2D eigenvalue weighted by molar-refractivity contribution is 6.32. The first-order valence-corrected chi connectivity index (χ1v) is 6.87. The molecule has 2 aromatic rings. The van der Waals surface area contributed by atoms with Gasteiger partial charge in [-0.15, -0.1) is 0 Å². The summed E-state index contributed by atoms with van der Waals surface area (Å²) in [5, 5.41) is 3.81. The van der Waals surface area contributed by atoms with Crippen LogP contribution in [0.25, 0.3) is 5.69 Å². The van der Waals surface area contributed by atoms with Crippen molar-refractivity contribution in [3.05, 3.63) is 41.4 Å². The highest BCUT2D eigenvalue weighted by Crippen LogP contribution is 2.26. The highest BCUT2D eigenvalue weighted by atomic mass is 35.5. The Morgan fingerprint density at radius 2 is 2.11 bits per heavy atom. The number of benzene rings is 1. The molecule has 1 aromatic carbocycles. The first kappa shape index (κ1) is 12.5. The van der Waals surface area contributed by atoms with E-state index in [4.69, 9.17) is 11.6 Å². The molecular formula is C14H15ClFN3. The molecule has 0 atom stereocenters. The average molecular weight is 280 g/mol. The summed E-state index contributed by atoms with van der Waals surface area (Å²) in [7, 11) is 0. The molecule has 1 saturated carbocycles. The molecule has 100 valence electrons. The van der Waals surface area contributed by atoms with Crippen LogP contribution in [-0.2, 0) is 0 Å². The number of aromatic nitrogens is 2. The SMILES string of the molecule is Fc1ccc(-n2ccnc2NC2CCCC2)c(Cl)c1. The van der Waals surface area contributed by atoms with Gasteiger partial charge in [-0.2, -0.15) is 0 Å². The number of anilines is 1. The van der Waals surface area contributed by atoms with Gasteiger partial charge in [-0.25, -0.2) is 9.37 Å². The maximum atomic E-state index is 13.1. The lowest BCUT2D eigenvalue weighted by molar-refractivity contribution is 0.627. The third kappa shape index (κ3) is 2.59. The zero-order valence-electron chi connectivity index (χ0n) is 10.4. The molecule has 0 aliphatic heterocycles. The lowest BCUT2D eigenvalue weighted by Gasteiger charge is -2.15. The van der Waals surface area contributed by atoms with Gasteiger partial charge in [0, 0.05) is 18.4 Å². The standard InChI is InChI=1S/C14H15ClFN3/c15-12-9-10(16)5-6-13(12)19-8-7-17-14(19)18-11-3-1-2-4-11/h5-9,11H,1-4H2,(H,17,18). The molecule has 1 aromatic heterocycles. The Kier molecular flexibility index (Phi) is 3.42. The number of rotatable bonds is 3. The highest BCUT2D eigenvalue weighted by Gasteiger charge is 2.17. The Morgan fingerprint density at radius 1 is 1.32 bits per heavy atom. The quantitative estimate of drug-likeness (QED) is 0.920. The summed E-state index contributed by atoms with van der Waals surface area (Å²) in [5.41, 5.74) is 0.737. The second-order valence-corrected chi connectivity index (χ2v) is 5.25. The van der Waals surface area contributed by atoms with Crippen LogP contribution in [0.15, 0.2) is 30.6 Å². The van der Waals surface area contributed by atoms with E-state index in [0.29, 0.717) is 11.1 Å². The fourth-order valence-electron chi connectivity index (χ4n) is 2.53. The van der Waals surface area contributed by atoms with E-state index in [2.05, 4.69) is 10.3 Å². The van der Waals surface area contributed by atoms with E-state index in [1.807, 2.05) is 10.8 Å². The maximum Gasteiger partial charge on any atom is 0.207 e. The van der Waals surface area contributed by atoms with Gasteiger partial charge in [0.25, 0.3) is 0 Å². The van der Waals surface area contributed by atoms with Crippen LogP contribution in [0.2, 0.25) is 5.02 Å². The van der Waals surface area contributed by atoms with E-state index in [1.54, 1.807) is 12.3 Å². The van der Waals surface area contributed by atoms with Crippen LogP contribution in [0.3, 0.4) is 0 Å². The van der Waals surface area contributed by atoms with Crippen molar-refractivity contribution in [2.45, 2.75) is 31.7 Å². The average Bonchev–Trinajstić information content (AvgIpc) is 3.02. The van der Waals surface area contributed by atoms with Gasteiger partial charge in [-0.05, 0) is 31.0 Å². The van der Waals surface area contributed by atoms with Crippen molar-refractivity contribution in [3.8, 4) is 5.69 Å². The molecule has 1 aliphatic rings. The van der Waals surface area contributed by atoms with Crippen LogP contribution in [0.1, 0.15) is 25.7 Å². The monoisotopic (exact) mass is 279 g/mol. The van der Waals surface area contributed by atoms with Crippen LogP contribution in [0.4, 0.5) is 10.3 Å². The van der Waals surface area contributed by atoms with E-state index < -0.39 is 0 Å². The first-order chi connectivity index (χ1) is 9.24. The Morgan fingerprint density at radius 3 is 2.84 bits per heavy atom. The summed E-state index contributed by atoms with van der Waals surface area (Å²) in [6.45, 7) is 0. The van der Waals surface area contributed by atoms with Crippen molar-refractivity contribution < 1.29 is 4.39 Å².